The summed E-state index contributed by atoms with van der Waals surface area (Å²) in [6.07, 6.45) is 6.98. The molecular formula is C18H30O4. The number of ether oxygens (including phenoxy) is 2. The molecule has 0 radical (unpaired) electrons. The fourth-order valence-electron chi connectivity index (χ4n) is 2.92. The van der Waals surface area contributed by atoms with Crippen LogP contribution in [0.4, 0.5) is 0 Å². The summed E-state index contributed by atoms with van der Waals surface area (Å²) >= 11 is 0. The lowest BCUT2D eigenvalue weighted by molar-refractivity contribution is -0.146. The van der Waals surface area contributed by atoms with Gasteiger partial charge in [-0.3, -0.25) is 4.79 Å². The molecule has 0 amide bonds. The minimum atomic E-state index is -0.486. The van der Waals surface area contributed by atoms with E-state index in [0.29, 0.717) is 18.8 Å². The lowest BCUT2D eigenvalue weighted by Gasteiger charge is -2.20. The quantitative estimate of drug-likeness (QED) is 0.361. The Kier molecular flexibility index (Phi) is 7.30. The highest BCUT2D eigenvalue weighted by atomic mass is 16.6. The molecule has 0 saturated carbocycles. The van der Waals surface area contributed by atoms with Gasteiger partial charge in [-0.05, 0) is 38.5 Å². The van der Waals surface area contributed by atoms with Crippen LogP contribution in [0, 0.1) is 5.92 Å². The van der Waals surface area contributed by atoms with Crippen molar-refractivity contribution in [3.63, 3.8) is 0 Å². The minimum Gasteiger partial charge on any atom is -0.462 e. The molecule has 1 heterocycles. The lowest BCUT2D eigenvalue weighted by atomic mass is 9.91. The highest BCUT2D eigenvalue weighted by Gasteiger charge is 2.56. The van der Waals surface area contributed by atoms with Crippen LogP contribution >= 0.6 is 0 Å². The van der Waals surface area contributed by atoms with E-state index in [-0.39, 0.29) is 18.2 Å². The minimum absolute atomic E-state index is 0.0946. The van der Waals surface area contributed by atoms with E-state index in [0.717, 1.165) is 19.3 Å². The predicted octanol–water partition coefficient (Wildman–Crippen LogP) is 3.40. The number of hydrogen-bond donors (Lipinski definition) is 1. The van der Waals surface area contributed by atoms with Gasteiger partial charge in [0.25, 0.3) is 0 Å². The number of aliphatic hydroxyl groups excluding tert-OH is 1. The van der Waals surface area contributed by atoms with Crippen molar-refractivity contribution in [3.05, 3.63) is 25.3 Å². The number of carbonyl (C=O) groups excluding carboxylic acids is 1. The lowest BCUT2D eigenvalue weighted by Crippen LogP contribution is -2.28. The first-order chi connectivity index (χ1) is 10.3. The first kappa shape index (κ1) is 18.9. The van der Waals surface area contributed by atoms with Crippen molar-refractivity contribution >= 4 is 5.97 Å². The molecule has 1 aliphatic rings. The normalized spacial score (nSPS) is 27.5. The van der Waals surface area contributed by atoms with E-state index in [2.05, 4.69) is 20.1 Å². The summed E-state index contributed by atoms with van der Waals surface area (Å²) < 4.78 is 11.0. The van der Waals surface area contributed by atoms with E-state index in [1.165, 1.54) is 6.92 Å². The van der Waals surface area contributed by atoms with Crippen LogP contribution in [0.15, 0.2) is 25.3 Å². The second kappa shape index (κ2) is 8.49. The molecular weight excluding hydrogens is 280 g/mol. The number of esters is 1. The van der Waals surface area contributed by atoms with E-state index in [1.807, 2.05) is 6.92 Å². The number of carbonyl (C=O) groups is 1. The van der Waals surface area contributed by atoms with E-state index in [9.17, 15) is 9.90 Å². The average molecular weight is 310 g/mol. The van der Waals surface area contributed by atoms with Gasteiger partial charge in [-0.1, -0.05) is 19.1 Å². The summed E-state index contributed by atoms with van der Waals surface area (Å²) in [6.45, 7) is 12.9. The first-order valence-electron chi connectivity index (χ1n) is 8.08. The van der Waals surface area contributed by atoms with Crippen LogP contribution in [0.25, 0.3) is 0 Å². The zero-order valence-corrected chi connectivity index (χ0v) is 14.1. The van der Waals surface area contributed by atoms with Gasteiger partial charge in [-0.25, -0.2) is 0 Å². The van der Waals surface area contributed by atoms with Crippen LogP contribution in [0.2, 0.25) is 0 Å². The van der Waals surface area contributed by atoms with Crippen LogP contribution in [0.1, 0.15) is 52.9 Å². The molecule has 1 rings (SSSR count). The molecule has 0 aromatic heterocycles. The maximum Gasteiger partial charge on any atom is 0.302 e. The summed E-state index contributed by atoms with van der Waals surface area (Å²) in [5, 5.41) is 10.0. The maximum atomic E-state index is 11.1. The zero-order valence-electron chi connectivity index (χ0n) is 14.1. The second-order valence-corrected chi connectivity index (χ2v) is 6.50. The van der Waals surface area contributed by atoms with Gasteiger partial charge < -0.3 is 14.6 Å². The van der Waals surface area contributed by atoms with Crippen molar-refractivity contribution in [1.82, 2.24) is 0 Å². The molecule has 0 spiro atoms. The summed E-state index contributed by atoms with van der Waals surface area (Å²) in [5.41, 5.74) is -0.426. The molecule has 0 aromatic rings. The summed E-state index contributed by atoms with van der Waals surface area (Å²) in [6, 6.07) is 0. The number of hydrogen-bond acceptors (Lipinski definition) is 4. The number of epoxide rings is 1. The van der Waals surface area contributed by atoms with Crippen molar-refractivity contribution in [1.29, 1.82) is 0 Å². The SMILES string of the molecule is C=CCC(O)[C@@]1(C)O[C@@H]1CC[C@H](C)C[C@H](CC=C)OC(C)=O. The summed E-state index contributed by atoms with van der Waals surface area (Å²) in [5.74, 6) is 0.180. The molecule has 1 fully saturated rings. The highest BCUT2D eigenvalue weighted by molar-refractivity contribution is 5.66. The molecule has 0 aromatic carbocycles. The molecule has 22 heavy (non-hydrogen) atoms. The Morgan fingerprint density at radius 3 is 2.59 bits per heavy atom. The van der Waals surface area contributed by atoms with E-state index < -0.39 is 11.7 Å². The van der Waals surface area contributed by atoms with Gasteiger partial charge in [0.2, 0.25) is 0 Å². The Morgan fingerprint density at radius 2 is 2.05 bits per heavy atom. The third-order valence-corrected chi connectivity index (χ3v) is 4.38. The fraction of sp³-hybridized carbons (Fsp3) is 0.722. The van der Waals surface area contributed by atoms with Crippen molar-refractivity contribution in [2.75, 3.05) is 0 Å². The van der Waals surface area contributed by atoms with Crippen LogP contribution in [-0.4, -0.2) is 35.0 Å². The van der Waals surface area contributed by atoms with Gasteiger partial charge >= 0.3 is 5.97 Å². The van der Waals surface area contributed by atoms with Crippen molar-refractivity contribution in [2.45, 2.75) is 76.8 Å². The van der Waals surface area contributed by atoms with Crippen LogP contribution < -0.4 is 0 Å². The fourth-order valence-corrected chi connectivity index (χ4v) is 2.92. The molecule has 1 N–H and O–H groups in total. The van der Waals surface area contributed by atoms with Gasteiger partial charge in [0, 0.05) is 13.3 Å². The number of aliphatic hydroxyl groups is 1. The molecule has 5 atom stereocenters. The zero-order chi connectivity index (χ0) is 16.8. The van der Waals surface area contributed by atoms with Crippen molar-refractivity contribution in [2.24, 2.45) is 5.92 Å². The molecule has 126 valence electrons. The van der Waals surface area contributed by atoms with Crippen molar-refractivity contribution in [3.8, 4) is 0 Å². The largest absolute Gasteiger partial charge is 0.462 e. The monoisotopic (exact) mass is 310 g/mol. The van der Waals surface area contributed by atoms with Crippen LogP contribution in [-0.2, 0) is 14.3 Å². The predicted molar refractivity (Wildman–Crippen MR) is 87.5 cm³/mol. The Balaban J connectivity index is 2.34. The Bertz CT molecular complexity index is 393. The van der Waals surface area contributed by atoms with Crippen LogP contribution in [0.5, 0.6) is 0 Å². The summed E-state index contributed by atoms with van der Waals surface area (Å²) in [4.78, 5) is 11.1. The van der Waals surface area contributed by atoms with E-state index in [4.69, 9.17) is 9.47 Å². The molecule has 4 nitrogen and oxygen atoms in total. The van der Waals surface area contributed by atoms with Gasteiger partial charge in [0.15, 0.2) is 0 Å². The summed E-state index contributed by atoms with van der Waals surface area (Å²) in [7, 11) is 0. The highest BCUT2D eigenvalue weighted by Crippen LogP contribution is 2.43. The van der Waals surface area contributed by atoms with E-state index >= 15 is 0 Å². The smallest absolute Gasteiger partial charge is 0.302 e. The Hall–Kier alpha value is -1.13. The third-order valence-electron chi connectivity index (χ3n) is 4.38. The molecule has 0 aliphatic carbocycles. The van der Waals surface area contributed by atoms with Gasteiger partial charge in [-0.2, -0.15) is 0 Å². The number of rotatable bonds is 11. The third kappa shape index (κ3) is 5.58. The van der Waals surface area contributed by atoms with Gasteiger partial charge in [-0.15, -0.1) is 13.2 Å². The van der Waals surface area contributed by atoms with Crippen LogP contribution in [0.3, 0.4) is 0 Å². The average Bonchev–Trinajstić information content (AvgIpc) is 3.09. The molecule has 1 aliphatic heterocycles. The Labute approximate surface area is 134 Å². The molecule has 4 heteroatoms. The topological polar surface area (TPSA) is 59.1 Å². The second-order valence-electron chi connectivity index (χ2n) is 6.50. The maximum absolute atomic E-state index is 11.1. The Morgan fingerprint density at radius 1 is 1.41 bits per heavy atom. The van der Waals surface area contributed by atoms with Crippen molar-refractivity contribution < 1.29 is 19.4 Å². The van der Waals surface area contributed by atoms with E-state index in [1.54, 1.807) is 12.2 Å². The molecule has 0 bridgehead atoms. The molecule has 1 unspecified atom stereocenters. The van der Waals surface area contributed by atoms with Gasteiger partial charge in [0.1, 0.15) is 11.7 Å². The first-order valence-corrected chi connectivity index (χ1v) is 8.08. The van der Waals surface area contributed by atoms with Gasteiger partial charge in [0.05, 0.1) is 12.2 Å². The standard InChI is InChI=1S/C18H30O4/c1-6-8-15(21-14(4)19)12-13(3)10-11-17-18(5,22-17)16(20)9-7-2/h6-7,13,15-17,20H,1-2,8-12H2,3-5H3/t13-,15-,16?,17+,18+/m0/s1. The molecule has 1 saturated heterocycles.